The summed E-state index contributed by atoms with van der Waals surface area (Å²) in [5, 5.41) is 3.77. The number of aromatic nitrogens is 2. The molecule has 2 aliphatic rings. The van der Waals surface area contributed by atoms with Gasteiger partial charge in [0.05, 0.1) is 35.1 Å². The largest absolute Gasteiger partial charge is 0.376 e. The Labute approximate surface area is 175 Å². The summed E-state index contributed by atoms with van der Waals surface area (Å²) in [7, 11) is 0. The third-order valence-electron chi connectivity index (χ3n) is 5.13. The molecule has 1 amide bonds. The second kappa shape index (κ2) is 9.28. The van der Waals surface area contributed by atoms with Crippen LogP contribution >= 0.6 is 11.8 Å². The summed E-state index contributed by atoms with van der Waals surface area (Å²) in [6, 6.07) is 7.86. The van der Waals surface area contributed by atoms with Gasteiger partial charge in [-0.2, -0.15) is 0 Å². The molecular formula is C21H28N4O3S. The van der Waals surface area contributed by atoms with Crippen LogP contribution in [-0.2, 0) is 14.3 Å². The third-order valence-corrected chi connectivity index (χ3v) is 6.09. The fraction of sp³-hybridized carbons (Fsp3) is 0.571. The molecule has 7 nitrogen and oxygen atoms in total. The molecule has 3 unspecified atom stereocenters. The van der Waals surface area contributed by atoms with Crippen LogP contribution in [0.15, 0.2) is 29.3 Å². The molecule has 1 N–H and O–H groups in total. The fourth-order valence-electron chi connectivity index (χ4n) is 3.85. The van der Waals surface area contributed by atoms with Crippen LogP contribution in [0.1, 0.15) is 26.7 Å². The van der Waals surface area contributed by atoms with Crippen LogP contribution in [-0.4, -0.2) is 66.2 Å². The molecule has 3 atom stereocenters. The molecule has 3 heterocycles. The highest BCUT2D eigenvalue weighted by Crippen LogP contribution is 2.31. The summed E-state index contributed by atoms with van der Waals surface area (Å²) < 4.78 is 11.4. The van der Waals surface area contributed by atoms with Gasteiger partial charge in [-0.1, -0.05) is 23.9 Å². The summed E-state index contributed by atoms with van der Waals surface area (Å²) in [5.41, 5.74) is 1.70. The molecule has 2 aliphatic heterocycles. The van der Waals surface area contributed by atoms with Gasteiger partial charge in [-0.3, -0.25) is 4.79 Å². The number of nitrogens with zero attached hydrogens (tertiary/aromatic N) is 3. The molecule has 0 spiro atoms. The van der Waals surface area contributed by atoms with Gasteiger partial charge in [0.15, 0.2) is 5.82 Å². The van der Waals surface area contributed by atoms with Crippen molar-refractivity contribution in [1.29, 1.82) is 0 Å². The zero-order chi connectivity index (χ0) is 20.2. The zero-order valence-corrected chi connectivity index (χ0v) is 17.8. The quantitative estimate of drug-likeness (QED) is 0.726. The first-order valence-corrected chi connectivity index (χ1v) is 11.3. The summed E-state index contributed by atoms with van der Waals surface area (Å²) in [5.74, 6) is 1.14. The number of thioether (sulfide) groups is 1. The molecule has 8 heteroatoms. The van der Waals surface area contributed by atoms with E-state index in [2.05, 4.69) is 24.1 Å². The van der Waals surface area contributed by atoms with Gasteiger partial charge in [-0.25, -0.2) is 9.97 Å². The van der Waals surface area contributed by atoms with E-state index in [0.29, 0.717) is 12.3 Å². The van der Waals surface area contributed by atoms with Crippen LogP contribution in [0.3, 0.4) is 0 Å². The number of anilines is 1. The Morgan fingerprint density at radius 2 is 1.93 bits per heavy atom. The maximum atomic E-state index is 12.4. The maximum Gasteiger partial charge on any atom is 0.230 e. The van der Waals surface area contributed by atoms with Crippen molar-refractivity contribution in [2.24, 2.45) is 0 Å². The van der Waals surface area contributed by atoms with Crippen molar-refractivity contribution >= 4 is 34.5 Å². The second-order valence-electron chi connectivity index (χ2n) is 7.73. The Morgan fingerprint density at radius 1 is 1.21 bits per heavy atom. The standard InChI is InChI=1S/C21H28N4O3S/c1-14-11-25(12-15(2)28-14)20-21(24-18-8-4-3-7-17(18)23-20)29-13-19(26)22-10-16-6-5-9-27-16/h3-4,7-8,14-16H,5-6,9-13H2,1-2H3,(H,22,26). The lowest BCUT2D eigenvalue weighted by Crippen LogP contribution is -2.46. The molecule has 2 fully saturated rings. The molecule has 156 valence electrons. The first kappa shape index (κ1) is 20.4. The van der Waals surface area contributed by atoms with E-state index in [1.807, 2.05) is 24.3 Å². The van der Waals surface area contributed by atoms with Crippen molar-refractivity contribution in [3.8, 4) is 0 Å². The van der Waals surface area contributed by atoms with E-state index in [9.17, 15) is 4.79 Å². The number of ether oxygens (including phenoxy) is 2. The molecule has 1 aromatic carbocycles. The van der Waals surface area contributed by atoms with Gasteiger partial charge in [-0.15, -0.1) is 0 Å². The van der Waals surface area contributed by atoms with E-state index in [1.165, 1.54) is 11.8 Å². The highest BCUT2D eigenvalue weighted by molar-refractivity contribution is 8.00. The number of nitrogens with one attached hydrogen (secondary N) is 1. The van der Waals surface area contributed by atoms with E-state index in [0.717, 1.165) is 54.4 Å². The lowest BCUT2D eigenvalue weighted by atomic mass is 10.2. The average molecular weight is 417 g/mol. The van der Waals surface area contributed by atoms with Gasteiger partial charge in [-0.05, 0) is 38.8 Å². The van der Waals surface area contributed by atoms with Crippen molar-refractivity contribution < 1.29 is 14.3 Å². The Hall–Kier alpha value is -1.90. The number of para-hydroxylation sites is 2. The Bertz CT molecular complexity index is 849. The number of hydrogen-bond donors (Lipinski definition) is 1. The number of rotatable bonds is 6. The number of amides is 1. The monoisotopic (exact) mass is 416 g/mol. The van der Waals surface area contributed by atoms with Crippen LogP contribution in [0.2, 0.25) is 0 Å². The lowest BCUT2D eigenvalue weighted by molar-refractivity contribution is -0.119. The number of carbonyl (C=O) groups excluding carboxylic acids is 1. The maximum absolute atomic E-state index is 12.4. The van der Waals surface area contributed by atoms with Gasteiger partial charge in [0.25, 0.3) is 0 Å². The molecule has 0 saturated carbocycles. The minimum atomic E-state index is -0.00452. The predicted molar refractivity (Wildman–Crippen MR) is 114 cm³/mol. The molecule has 29 heavy (non-hydrogen) atoms. The Morgan fingerprint density at radius 3 is 2.62 bits per heavy atom. The van der Waals surface area contributed by atoms with Crippen molar-refractivity contribution in [3.63, 3.8) is 0 Å². The fourth-order valence-corrected chi connectivity index (χ4v) is 4.68. The van der Waals surface area contributed by atoms with Crippen molar-refractivity contribution in [2.75, 3.05) is 36.9 Å². The number of hydrogen-bond acceptors (Lipinski definition) is 7. The highest BCUT2D eigenvalue weighted by atomic mass is 32.2. The molecule has 2 aromatic rings. The van der Waals surface area contributed by atoms with E-state index in [-0.39, 0.29) is 24.2 Å². The van der Waals surface area contributed by atoms with Crippen LogP contribution in [0.4, 0.5) is 5.82 Å². The second-order valence-corrected chi connectivity index (χ2v) is 8.70. The molecule has 1 aromatic heterocycles. The smallest absolute Gasteiger partial charge is 0.230 e. The first-order chi connectivity index (χ1) is 14.1. The molecule has 0 bridgehead atoms. The van der Waals surface area contributed by atoms with Gasteiger partial charge in [0.1, 0.15) is 5.03 Å². The Balaban J connectivity index is 1.49. The molecular weight excluding hydrogens is 388 g/mol. The van der Waals surface area contributed by atoms with Crippen LogP contribution in [0.25, 0.3) is 11.0 Å². The molecule has 2 saturated heterocycles. The predicted octanol–water partition coefficient (Wildman–Crippen LogP) is 2.63. The number of benzene rings is 1. The van der Waals surface area contributed by atoms with Crippen LogP contribution in [0, 0.1) is 0 Å². The number of carbonyl (C=O) groups is 1. The summed E-state index contributed by atoms with van der Waals surface area (Å²) in [4.78, 5) is 24.3. The SMILES string of the molecule is CC1CN(c2nc3ccccc3nc2SCC(=O)NCC2CCCO2)CC(C)O1. The summed E-state index contributed by atoms with van der Waals surface area (Å²) in [6.07, 6.45) is 2.48. The lowest BCUT2D eigenvalue weighted by Gasteiger charge is -2.36. The molecule has 0 aliphatic carbocycles. The third kappa shape index (κ3) is 5.18. The zero-order valence-electron chi connectivity index (χ0n) is 17.0. The van der Waals surface area contributed by atoms with Crippen molar-refractivity contribution in [3.05, 3.63) is 24.3 Å². The van der Waals surface area contributed by atoms with E-state index in [1.54, 1.807) is 0 Å². The highest BCUT2D eigenvalue weighted by Gasteiger charge is 2.26. The van der Waals surface area contributed by atoms with Crippen molar-refractivity contribution in [1.82, 2.24) is 15.3 Å². The van der Waals surface area contributed by atoms with Crippen LogP contribution < -0.4 is 10.2 Å². The normalized spacial score (nSPS) is 24.8. The summed E-state index contributed by atoms with van der Waals surface area (Å²) in [6.45, 7) is 7.03. The Kier molecular flexibility index (Phi) is 6.52. The van der Waals surface area contributed by atoms with Crippen LogP contribution in [0.5, 0.6) is 0 Å². The van der Waals surface area contributed by atoms with Gasteiger partial charge >= 0.3 is 0 Å². The van der Waals surface area contributed by atoms with E-state index < -0.39 is 0 Å². The van der Waals surface area contributed by atoms with Gasteiger partial charge in [0, 0.05) is 26.2 Å². The van der Waals surface area contributed by atoms with E-state index in [4.69, 9.17) is 19.4 Å². The summed E-state index contributed by atoms with van der Waals surface area (Å²) >= 11 is 1.44. The van der Waals surface area contributed by atoms with Gasteiger partial charge in [0.2, 0.25) is 5.91 Å². The van der Waals surface area contributed by atoms with Gasteiger partial charge < -0.3 is 19.7 Å². The van der Waals surface area contributed by atoms with Crippen molar-refractivity contribution in [2.45, 2.75) is 50.0 Å². The minimum Gasteiger partial charge on any atom is -0.376 e. The molecule has 4 rings (SSSR count). The number of morpholine rings is 1. The molecule has 0 radical (unpaired) electrons. The van der Waals surface area contributed by atoms with E-state index >= 15 is 0 Å². The first-order valence-electron chi connectivity index (χ1n) is 10.3. The minimum absolute atomic E-state index is 0.00452. The number of fused-ring (bicyclic) bond motifs is 1. The average Bonchev–Trinajstić information content (AvgIpc) is 3.23. The topological polar surface area (TPSA) is 76.6 Å².